The third-order valence-corrected chi connectivity index (χ3v) is 3.87. The van der Waals surface area contributed by atoms with E-state index in [2.05, 4.69) is 0 Å². The molecule has 20 heavy (non-hydrogen) atoms. The van der Waals surface area contributed by atoms with E-state index in [1.54, 1.807) is 0 Å². The molecule has 0 amide bonds. The fourth-order valence-electron chi connectivity index (χ4n) is 2.79. The fourth-order valence-corrected chi connectivity index (χ4v) is 2.79. The average Bonchev–Trinajstić information content (AvgIpc) is 2.70. The second kappa shape index (κ2) is 8.89. The van der Waals surface area contributed by atoms with Gasteiger partial charge in [-0.25, -0.2) is 0 Å². The summed E-state index contributed by atoms with van der Waals surface area (Å²) in [6.07, 6.45) is -2.15. The maximum atomic E-state index is 10.0. The summed E-state index contributed by atoms with van der Waals surface area (Å²) in [4.78, 5) is 0. The molecule has 0 aliphatic heterocycles. The Kier molecular flexibility index (Phi) is 7.90. The van der Waals surface area contributed by atoms with Gasteiger partial charge in [0.05, 0.1) is 31.5 Å². The van der Waals surface area contributed by atoms with Crippen LogP contribution in [0.2, 0.25) is 0 Å². The van der Waals surface area contributed by atoms with Gasteiger partial charge in [0.15, 0.2) is 6.29 Å². The molecule has 0 bridgehead atoms. The maximum Gasteiger partial charge on any atom is 0.162 e. The second-order valence-electron chi connectivity index (χ2n) is 5.22. The van der Waals surface area contributed by atoms with Gasteiger partial charge in [0.25, 0.3) is 0 Å². The molecule has 1 aliphatic carbocycles. The summed E-state index contributed by atoms with van der Waals surface area (Å²) in [7, 11) is 1.45. The Labute approximate surface area is 118 Å². The zero-order chi connectivity index (χ0) is 15.1. The summed E-state index contributed by atoms with van der Waals surface area (Å²) in [5.41, 5.74) is 0. The predicted molar refractivity (Wildman–Crippen MR) is 69.8 cm³/mol. The minimum absolute atomic E-state index is 0.0788. The molecule has 0 radical (unpaired) electrons. The van der Waals surface area contributed by atoms with Crippen LogP contribution in [0.1, 0.15) is 19.3 Å². The second-order valence-corrected chi connectivity index (χ2v) is 5.22. The summed E-state index contributed by atoms with van der Waals surface area (Å²) in [5, 5.41) is 46.9. The standard InChI is InChI=1S/C13H26O7/c1-19-13(20-5-3-8(16)7-15)12-9(2-4-14)10(17)6-11(12)18/h8-18H,2-7H2,1H3/t8?,9-,10-,11+,12-,13?/m0/s1. The van der Waals surface area contributed by atoms with Crippen molar-refractivity contribution < 1.29 is 35.0 Å². The van der Waals surface area contributed by atoms with Gasteiger partial charge in [-0.1, -0.05) is 0 Å². The molecule has 1 aliphatic rings. The topological polar surface area (TPSA) is 120 Å². The number of rotatable bonds is 9. The molecule has 0 saturated heterocycles. The monoisotopic (exact) mass is 294 g/mol. The summed E-state index contributed by atoms with van der Waals surface area (Å²) >= 11 is 0. The van der Waals surface area contributed by atoms with Crippen molar-refractivity contribution in [1.82, 2.24) is 0 Å². The molecule has 7 heteroatoms. The zero-order valence-corrected chi connectivity index (χ0v) is 11.8. The fraction of sp³-hybridized carbons (Fsp3) is 1.00. The lowest BCUT2D eigenvalue weighted by Crippen LogP contribution is -2.37. The van der Waals surface area contributed by atoms with Crippen LogP contribution in [0, 0.1) is 11.8 Å². The van der Waals surface area contributed by atoms with Gasteiger partial charge in [-0.05, 0) is 25.2 Å². The van der Waals surface area contributed by atoms with Crippen LogP contribution in [0.15, 0.2) is 0 Å². The minimum atomic E-state index is -0.847. The quantitative estimate of drug-likeness (QED) is 0.327. The van der Waals surface area contributed by atoms with Crippen molar-refractivity contribution in [3.63, 3.8) is 0 Å². The number of hydrogen-bond donors (Lipinski definition) is 5. The summed E-state index contributed by atoms with van der Waals surface area (Å²) in [6.45, 7) is -0.241. The maximum absolute atomic E-state index is 10.0. The van der Waals surface area contributed by atoms with Crippen molar-refractivity contribution in [2.24, 2.45) is 11.8 Å². The van der Waals surface area contributed by atoms with Crippen molar-refractivity contribution in [3.8, 4) is 0 Å². The molecule has 1 fully saturated rings. The molecule has 1 saturated carbocycles. The smallest absolute Gasteiger partial charge is 0.162 e. The molecule has 0 aromatic rings. The average molecular weight is 294 g/mol. The van der Waals surface area contributed by atoms with Gasteiger partial charge >= 0.3 is 0 Å². The van der Waals surface area contributed by atoms with Crippen LogP contribution in [0.4, 0.5) is 0 Å². The Bertz CT molecular complexity index is 263. The van der Waals surface area contributed by atoms with E-state index in [1.807, 2.05) is 0 Å². The molecule has 1 rings (SSSR count). The van der Waals surface area contributed by atoms with Crippen LogP contribution in [0.5, 0.6) is 0 Å². The van der Waals surface area contributed by atoms with Gasteiger partial charge in [-0.15, -0.1) is 0 Å². The van der Waals surface area contributed by atoms with E-state index in [9.17, 15) is 15.3 Å². The van der Waals surface area contributed by atoms with Crippen LogP contribution >= 0.6 is 0 Å². The van der Waals surface area contributed by atoms with E-state index < -0.39 is 30.5 Å². The van der Waals surface area contributed by atoms with Crippen molar-refractivity contribution in [1.29, 1.82) is 0 Å². The van der Waals surface area contributed by atoms with Crippen LogP contribution in [0.25, 0.3) is 0 Å². The number of ether oxygens (including phenoxy) is 2. The van der Waals surface area contributed by atoms with E-state index >= 15 is 0 Å². The molecule has 0 spiro atoms. The van der Waals surface area contributed by atoms with Crippen LogP contribution in [-0.4, -0.2) is 77.1 Å². The van der Waals surface area contributed by atoms with Crippen LogP contribution in [0.3, 0.4) is 0 Å². The first-order chi connectivity index (χ1) is 9.54. The highest BCUT2D eigenvalue weighted by Crippen LogP contribution is 2.38. The van der Waals surface area contributed by atoms with Crippen molar-refractivity contribution in [2.75, 3.05) is 26.9 Å². The van der Waals surface area contributed by atoms with E-state index in [0.29, 0.717) is 6.42 Å². The normalized spacial score (nSPS) is 33.3. The molecule has 0 aromatic heterocycles. The van der Waals surface area contributed by atoms with E-state index in [-0.39, 0.29) is 38.6 Å². The highest BCUT2D eigenvalue weighted by molar-refractivity contribution is 4.92. The van der Waals surface area contributed by atoms with E-state index in [4.69, 9.17) is 19.7 Å². The first kappa shape index (κ1) is 17.8. The van der Waals surface area contributed by atoms with Gasteiger partial charge in [-0.2, -0.15) is 0 Å². The molecule has 120 valence electrons. The van der Waals surface area contributed by atoms with Crippen molar-refractivity contribution in [2.45, 2.75) is 43.9 Å². The molecule has 7 nitrogen and oxygen atoms in total. The van der Waals surface area contributed by atoms with Gasteiger partial charge < -0.3 is 35.0 Å². The Morgan fingerprint density at radius 1 is 1.20 bits per heavy atom. The van der Waals surface area contributed by atoms with Crippen LogP contribution < -0.4 is 0 Å². The van der Waals surface area contributed by atoms with Gasteiger partial charge in [0, 0.05) is 19.6 Å². The lowest BCUT2D eigenvalue weighted by Gasteiger charge is -2.30. The molecule has 6 atom stereocenters. The van der Waals surface area contributed by atoms with E-state index in [0.717, 1.165) is 0 Å². The number of aliphatic hydroxyl groups is 5. The lowest BCUT2D eigenvalue weighted by molar-refractivity contribution is -0.185. The van der Waals surface area contributed by atoms with Gasteiger partial charge in [0.2, 0.25) is 0 Å². The zero-order valence-electron chi connectivity index (χ0n) is 11.8. The van der Waals surface area contributed by atoms with Gasteiger partial charge in [-0.3, -0.25) is 0 Å². The Morgan fingerprint density at radius 2 is 1.90 bits per heavy atom. The number of hydrogen-bond acceptors (Lipinski definition) is 7. The van der Waals surface area contributed by atoms with Gasteiger partial charge in [0.1, 0.15) is 0 Å². The largest absolute Gasteiger partial charge is 0.396 e. The highest BCUT2D eigenvalue weighted by Gasteiger charge is 2.46. The number of aliphatic hydroxyl groups excluding tert-OH is 5. The Morgan fingerprint density at radius 3 is 2.45 bits per heavy atom. The Balaban J connectivity index is 2.57. The minimum Gasteiger partial charge on any atom is -0.396 e. The summed E-state index contributed by atoms with van der Waals surface area (Å²) in [5.74, 6) is -0.712. The molecule has 2 unspecified atom stereocenters. The summed E-state index contributed by atoms with van der Waals surface area (Å²) in [6, 6.07) is 0. The molecular weight excluding hydrogens is 268 g/mol. The van der Waals surface area contributed by atoms with Crippen molar-refractivity contribution >= 4 is 0 Å². The SMILES string of the molecule is COC(OCCC(O)CO)[C@H]1[C@@H](CCO)[C@@H](O)C[C@H]1O. The highest BCUT2D eigenvalue weighted by atomic mass is 16.7. The molecular formula is C13H26O7. The van der Waals surface area contributed by atoms with E-state index in [1.165, 1.54) is 7.11 Å². The molecule has 0 aromatic carbocycles. The van der Waals surface area contributed by atoms with Crippen LogP contribution in [-0.2, 0) is 9.47 Å². The predicted octanol–water partition coefficient (Wildman–Crippen LogP) is -1.54. The molecule has 5 N–H and O–H groups in total. The first-order valence-corrected chi connectivity index (χ1v) is 6.95. The molecule has 0 heterocycles. The lowest BCUT2D eigenvalue weighted by atomic mass is 9.90. The Hall–Kier alpha value is -0.280. The third kappa shape index (κ3) is 4.63. The number of methoxy groups -OCH3 is 1. The third-order valence-electron chi connectivity index (χ3n) is 3.87. The van der Waals surface area contributed by atoms with Crippen molar-refractivity contribution in [3.05, 3.63) is 0 Å². The first-order valence-electron chi connectivity index (χ1n) is 6.95. The summed E-state index contributed by atoms with van der Waals surface area (Å²) < 4.78 is 10.7.